The van der Waals surface area contributed by atoms with Gasteiger partial charge in [0.2, 0.25) is 5.91 Å². The SMILES string of the molecule is CC1CC(=O)N(Cc2ccc(CN)cc2F)C1. The molecular formula is C13H17FN2O. The van der Waals surface area contributed by atoms with Gasteiger partial charge in [-0.2, -0.15) is 0 Å². The van der Waals surface area contributed by atoms with Gasteiger partial charge in [0, 0.05) is 31.6 Å². The van der Waals surface area contributed by atoms with Crippen LogP contribution in [0.15, 0.2) is 18.2 Å². The summed E-state index contributed by atoms with van der Waals surface area (Å²) in [6.45, 7) is 3.44. The van der Waals surface area contributed by atoms with Gasteiger partial charge in [-0.05, 0) is 17.5 Å². The van der Waals surface area contributed by atoms with Crippen LogP contribution in [0, 0.1) is 11.7 Å². The average Bonchev–Trinajstić information content (AvgIpc) is 2.60. The van der Waals surface area contributed by atoms with E-state index in [-0.39, 0.29) is 11.7 Å². The van der Waals surface area contributed by atoms with E-state index in [2.05, 4.69) is 0 Å². The molecule has 3 nitrogen and oxygen atoms in total. The zero-order valence-corrected chi connectivity index (χ0v) is 9.95. The largest absolute Gasteiger partial charge is 0.338 e. The Hall–Kier alpha value is -1.42. The van der Waals surface area contributed by atoms with Gasteiger partial charge in [0.05, 0.1) is 0 Å². The first-order valence-corrected chi connectivity index (χ1v) is 5.85. The Morgan fingerprint density at radius 1 is 1.53 bits per heavy atom. The van der Waals surface area contributed by atoms with Crippen LogP contribution in [0.3, 0.4) is 0 Å². The summed E-state index contributed by atoms with van der Waals surface area (Å²) in [5.41, 5.74) is 6.77. The summed E-state index contributed by atoms with van der Waals surface area (Å²) < 4.78 is 13.7. The lowest BCUT2D eigenvalue weighted by molar-refractivity contribution is -0.128. The first-order chi connectivity index (χ1) is 8.10. The van der Waals surface area contributed by atoms with E-state index in [0.717, 1.165) is 12.1 Å². The Labute approximate surface area is 100 Å². The van der Waals surface area contributed by atoms with Crippen LogP contribution in [0.1, 0.15) is 24.5 Å². The number of hydrogen-bond acceptors (Lipinski definition) is 2. The van der Waals surface area contributed by atoms with Crippen LogP contribution in [-0.2, 0) is 17.9 Å². The second kappa shape index (κ2) is 4.84. The smallest absolute Gasteiger partial charge is 0.223 e. The molecule has 0 aromatic heterocycles. The molecule has 1 aliphatic heterocycles. The van der Waals surface area contributed by atoms with Gasteiger partial charge in [-0.25, -0.2) is 4.39 Å². The summed E-state index contributed by atoms with van der Waals surface area (Å²) in [5.74, 6) is 0.203. The molecular weight excluding hydrogens is 219 g/mol. The second-order valence-corrected chi connectivity index (χ2v) is 4.71. The van der Waals surface area contributed by atoms with Crippen molar-refractivity contribution in [1.29, 1.82) is 0 Å². The molecule has 0 aliphatic carbocycles. The summed E-state index contributed by atoms with van der Waals surface area (Å²) in [7, 11) is 0. The van der Waals surface area contributed by atoms with Gasteiger partial charge in [-0.1, -0.05) is 19.1 Å². The topological polar surface area (TPSA) is 46.3 Å². The lowest BCUT2D eigenvalue weighted by Crippen LogP contribution is -2.25. The highest BCUT2D eigenvalue weighted by atomic mass is 19.1. The van der Waals surface area contributed by atoms with E-state index in [4.69, 9.17) is 5.73 Å². The first kappa shape index (κ1) is 12.0. The Balaban J connectivity index is 2.11. The molecule has 1 unspecified atom stereocenters. The predicted molar refractivity (Wildman–Crippen MR) is 63.5 cm³/mol. The first-order valence-electron chi connectivity index (χ1n) is 5.85. The predicted octanol–water partition coefficient (Wildman–Crippen LogP) is 1.65. The molecule has 1 heterocycles. The third-order valence-electron chi connectivity index (χ3n) is 3.12. The Bertz CT molecular complexity index is 433. The van der Waals surface area contributed by atoms with E-state index in [1.54, 1.807) is 11.0 Å². The van der Waals surface area contributed by atoms with Crippen LogP contribution in [-0.4, -0.2) is 17.4 Å². The molecule has 0 saturated carbocycles. The number of carbonyl (C=O) groups is 1. The number of amides is 1. The van der Waals surface area contributed by atoms with Crippen molar-refractivity contribution in [3.63, 3.8) is 0 Å². The monoisotopic (exact) mass is 236 g/mol. The van der Waals surface area contributed by atoms with Gasteiger partial charge in [-0.3, -0.25) is 4.79 Å². The van der Waals surface area contributed by atoms with Crippen molar-refractivity contribution in [2.24, 2.45) is 11.7 Å². The minimum atomic E-state index is -0.277. The van der Waals surface area contributed by atoms with Crippen molar-refractivity contribution < 1.29 is 9.18 Å². The summed E-state index contributed by atoms with van der Waals surface area (Å²) in [4.78, 5) is 13.3. The molecule has 1 atom stereocenters. The second-order valence-electron chi connectivity index (χ2n) is 4.71. The van der Waals surface area contributed by atoms with Crippen molar-refractivity contribution in [3.8, 4) is 0 Å². The van der Waals surface area contributed by atoms with Crippen LogP contribution in [0.25, 0.3) is 0 Å². The van der Waals surface area contributed by atoms with Crippen molar-refractivity contribution in [3.05, 3.63) is 35.1 Å². The summed E-state index contributed by atoms with van der Waals surface area (Å²) in [5, 5.41) is 0. The molecule has 2 N–H and O–H groups in total. The third-order valence-corrected chi connectivity index (χ3v) is 3.12. The van der Waals surface area contributed by atoms with Gasteiger partial charge in [0.25, 0.3) is 0 Å². The zero-order valence-electron chi connectivity index (χ0n) is 9.95. The van der Waals surface area contributed by atoms with Gasteiger partial charge in [0.1, 0.15) is 5.82 Å². The van der Waals surface area contributed by atoms with Gasteiger partial charge < -0.3 is 10.6 Å². The molecule has 92 valence electrons. The van der Waals surface area contributed by atoms with Crippen LogP contribution in [0.4, 0.5) is 4.39 Å². The highest BCUT2D eigenvalue weighted by molar-refractivity contribution is 5.78. The Morgan fingerprint density at radius 2 is 2.29 bits per heavy atom. The number of halogens is 1. The molecule has 4 heteroatoms. The number of likely N-dealkylation sites (tertiary alicyclic amines) is 1. The minimum absolute atomic E-state index is 0.111. The van der Waals surface area contributed by atoms with Crippen molar-refractivity contribution in [2.45, 2.75) is 26.4 Å². The number of rotatable bonds is 3. The maximum atomic E-state index is 13.7. The Kier molecular flexibility index (Phi) is 3.43. The average molecular weight is 236 g/mol. The molecule has 2 rings (SSSR count). The van der Waals surface area contributed by atoms with E-state index in [1.165, 1.54) is 6.07 Å². The number of carbonyl (C=O) groups excluding carboxylic acids is 1. The van der Waals surface area contributed by atoms with Gasteiger partial charge >= 0.3 is 0 Å². The fraction of sp³-hybridized carbons (Fsp3) is 0.462. The quantitative estimate of drug-likeness (QED) is 0.867. The van der Waals surface area contributed by atoms with E-state index in [9.17, 15) is 9.18 Å². The number of hydrogen-bond donors (Lipinski definition) is 1. The highest BCUT2D eigenvalue weighted by Crippen LogP contribution is 2.21. The lowest BCUT2D eigenvalue weighted by Gasteiger charge is -2.16. The molecule has 1 aromatic rings. The fourth-order valence-corrected chi connectivity index (χ4v) is 2.17. The number of nitrogens with two attached hydrogens (primary N) is 1. The van der Waals surface area contributed by atoms with Crippen LogP contribution in [0.2, 0.25) is 0 Å². The van der Waals surface area contributed by atoms with Crippen LogP contribution < -0.4 is 5.73 Å². The van der Waals surface area contributed by atoms with E-state index < -0.39 is 0 Å². The highest BCUT2D eigenvalue weighted by Gasteiger charge is 2.26. The van der Waals surface area contributed by atoms with Crippen LogP contribution >= 0.6 is 0 Å². The summed E-state index contributed by atoms with van der Waals surface area (Å²) in [6, 6.07) is 4.97. The maximum Gasteiger partial charge on any atom is 0.223 e. The normalized spacial score (nSPS) is 20.1. The molecule has 1 saturated heterocycles. The molecule has 1 aromatic carbocycles. The minimum Gasteiger partial charge on any atom is -0.338 e. The zero-order chi connectivity index (χ0) is 12.4. The van der Waals surface area contributed by atoms with Crippen molar-refractivity contribution in [2.75, 3.05) is 6.54 Å². The molecule has 1 fully saturated rings. The van der Waals surface area contributed by atoms with Gasteiger partial charge in [-0.15, -0.1) is 0 Å². The van der Waals surface area contributed by atoms with E-state index >= 15 is 0 Å². The van der Waals surface area contributed by atoms with Crippen molar-refractivity contribution in [1.82, 2.24) is 4.90 Å². The van der Waals surface area contributed by atoms with Crippen LogP contribution in [0.5, 0.6) is 0 Å². The molecule has 1 amide bonds. The number of nitrogens with zero attached hydrogens (tertiary/aromatic N) is 1. The standard InChI is InChI=1S/C13H17FN2O/c1-9-4-13(17)16(7-9)8-11-3-2-10(6-15)5-12(11)14/h2-3,5,9H,4,6-8,15H2,1H3. The maximum absolute atomic E-state index is 13.7. The molecule has 0 bridgehead atoms. The lowest BCUT2D eigenvalue weighted by atomic mass is 10.1. The van der Waals surface area contributed by atoms with E-state index in [0.29, 0.717) is 31.0 Å². The molecule has 17 heavy (non-hydrogen) atoms. The van der Waals surface area contributed by atoms with Crippen molar-refractivity contribution >= 4 is 5.91 Å². The van der Waals surface area contributed by atoms with E-state index in [1.807, 2.05) is 13.0 Å². The molecule has 1 aliphatic rings. The Morgan fingerprint density at radius 3 is 2.82 bits per heavy atom. The fourth-order valence-electron chi connectivity index (χ4n) is 2.17. The third kappa shape index (κ3) is 2.64. The molecule has 0 spiro atoms. The van der Waals surface area contributed by atoms with Gasteiger partial charge in [0.15, 0.2) is 0 Å². The molecule has 0 radical (unpaired) electrons. The summed E-state index contributed by atoms with van der Waals surface area (Å²) >= 11 is 0. The summed E-state index contributed by atoms with van der Waals surface area (Å²) in [6.07, 6.45) is 0.572. The number of benzene rings is 1.